The first-order valence-electron chi connectivity index (χ1n) is 5.90. The fourth-order valence-electron chi connectivity index (χ4n) is 2.50. The highest BCUT2D eigenvalue weighted by molar-refractivity contribution is 7.89. The van der Waals surface area contributed by atoms with Crippen LogP contribution < -0.4 is 0 Å². The summed E-state index contributed by atoms with van der Waals surface area (Å²) in [6.07, 6.45) is 1.16. The van der Waals surface area contributed by atoms with Crippen molar-refractivity contribution >= 4 is 10.0 Å². The lowest BCUT2D eigenvalue weighted by atomic mass is 9.78. The van der Waals surface area contributed by atoms with Crippen molar-refractivity contribution in [3.05, 3.63) is 0 Å². The minimum atomic E-state index is -2.93. The summed E-state index contributed by atoms with van der Waals surface area (Å²) in [5.74, 6) is 2.15. The third-order valence-corrected chi connectivity index (χ3v) is 5.38. The van der Waals surface area contributed by atoms with Gasteiger partial charge in [0.1, 0.15) is 0 Å². The van der Waals surface area contributed by atoms with Crippen molar-refractivity contribution in [1.29, 1.82) is 0 Å². The third-order valence-electron chi connectivity index (χ3n) is 3.57. The zero-order chi connectivity index (χ0) is 11.6. The van der Waals surface area contributed by atoms with E-state index in [1.807, 2.05) is 0 Å². The standard InChI is InChI=1S/C11H23NO2S/c1-5-11(9(3)4)10-7-12(8-10)15(13,14)6-2/h9-11H,5-8H2,1-4H3. The van der Waals surface area contributed by atoms with Gasteiger partial charge in [-0.05, 0) is 24.7 Å². The van der Waals surface area contributed by atoms with E-state index in [-0.39, 0.29) is 5.75 Å². The summed E-state index contributed by atoms with van der Waals surface area (Å²) >= 11 is 0. The van der Waals surface area contributed by atoms with E-state index in [0.717, 1.165) is 19.5 Å². The van der Waals surface area contributed by atoms with Crippen molar-refractivity contribution in [2.75, 3.05) is 18.8 Å². The van der Waals surface area contributed by atoms with Crippen LogP contribution >= 0.6 is 0 Å². The number of hydrogen-bond donors (Lipinski definition) is 0. The first-order chi connectivity index (χ1) is 6.92. The van der Waals surface area contributed by atoms with E-state index in [1.54, 1.807) is 11.2 Å². The van der Waals surface area contributed by atoms with Crippen LogP contribution in [0.2, 0.25) is 0 Å². The SMILES string of the molecule is CCC(C(C)C)C1CN(S(=O)(=O)CC)C1. The van der Waals surface area contributed by atoms with Gasteiger partial charge in [0.2, 0.25) is 10.0 Å². The average molecular weight is 233 g/mol. The zero-order valence-electron chi connectivity index (χ0n) is 10.2. The number of hydrogen-bond acceptors (Lipinski definition) is 2. The summed E-state index contributed by atoms with van der Waals surface area (Å²) in [6, 6.07) is 0. The maximum absolute atomic E-state index is 11.5. The summed E-state index contributed by atoms with van der Waals surface area (Å²) in [6.45, 7) is 9.85. The molecule has 15 heavy (non-hydrogen) atoms. The molecule has 1 saturated heterocycles. The largest absolute Gasteiger partial charge is 0.213 e. The van der Waals surface area contributed by atoms with Crippen LogP contribution in [0.25, 0.3) is 0 Å². The molecular formula is C11H23NO2S. The van der Waals surface area contributed by atoms with Crippen molar-refractivity contribution < 1.29 is 8.42 Å². The molecule has 4 heteroatoms. The second-order valence-corrected chi connectivity index (χ2v) is 7.05. The lowest BCUT2D eigenvalue weighted by Gasteiger charge is -2.43. The van der Waals surface area contributed by atoms with Gasteiger partial charge in [-0.15, -0.1) is 0 Å². The summed E-state index contributed by atoms with van der Waals surface area (Å²) in [5, 5.41) is 0. The van der Waals surface area contributed by atoms with E-state index in [2.05, 4.69) is 20.8 Å². The fraction of sp³-hybridized carbons (Fsp3) is 1.00. The van der Waals surface area contributed by atoms with Crippen molar-refractivity contribution in [3.8, 4) is 0 Å². The quantitative estimate of drug-likeness (QED) is 0.728. The van der Waals surface area contributed by atoms with E-state index >= 15 is 0 Å². The first kappa shape index (κ1) is 13.0. The van der Waals surface area contributed by atoms with Crippen LogP contribution in [0.4, 0.5) is 0 Å². The molecule has 90 valence electrons. The van der Waals surface area contributed by atoms with Crippen LogP contribution in [-0.2, 0) is 10.0 Å². The van der Waals surface area contributed by atoms with Gasteiger partial charge in [0, 0.05) is 13.1 Å². The molecule has 1 atom stereocenters. The Morgan fingerprint density at radius 1 is 1.27 bits per heavy atom. The van der Waals surface area contributed by atoms with Gasteiger partial charge in [0.25, 0.3) is 0 Å². The van der Waals surface area contributed by atoms with Crippen LogP contribution in [-0.4, -0.2) is 31.6 Å². The highest BCUT2D eigenvalue weighted by Gasteiger charge is 2.39. The predicted molar refractivity (Wildman–Crippen MR) is 63.1 cm³/mol. The Balaban J connectivity index is 2.50. The van der Waals surface area contributed by atoms with Crippen molar-refractivity contribution in [2.45, 2.75) is 34.1 Å². The molecule has 1 fully saturated rings. The highest BCUT2D eigenvalue weighted by Crippen LogP contribution is 2.33. The van der Waals surface area contributed by atoms with Crippen LogP contribution in [0.3, 0.4) is 0 Å². The second kappa shape index (κ2) is 4.83. The maximum Gasteiger partial charge on any atom is 0.213 e. The highest BCUT2D eigenvalue weighted by atomic mass is 32.2. The Kier molecular flexibility index (Phi) is 4.18. The smallest absolute Gasteiger partial charge is 0.212 e. The van der Waals surface area contributed by atoms with Gasteiger partial charge < -0.3 is 0 Å². The van der Waals surface area contributed by atoms with Crippen LogP contribution in [0.15, 0.2) is 0 Å². The zero-order valence-corrected chi connectivity index (χ0v) is 11.0. The first-order valence-corrected chi connectivity index (χ1v) is 7.51. The van der Waals surface area contributed by atoms with E-state index in [0.29, 0.717) is 17.8 Å². The minimum Gasteiger partial charge on any atom is -0.212 e. The third kappa shape index (κ3) is 2.72. The summed E-state index contributed by atoms with van der Waals surface area (Å²) in [7, 11) is -2.93. The monoisotopic (exact) mass is 233 g/mol. The van der Waals surface area contributed by atoms with Crippen molar-refractivity contribution in [3.63, 3.8) is 0 Å². The molecule has 1 rings (SSSR count). The molecule has 0 aromatic rings. The Morgan fingerprint density at radius 2 is 1.80 bits per heavy atom. The van der Waals surface area contributed by atoms with Crippen LogP contribution in [0.5, 0.6) is 0 Å². The van der Waals surface area contributed by atoms with Gasteiger partial charge in [0.05, 0.1) is 5.75 Å². The van der Waals surface area contributed by atoms with E-state index in [1.165, 1.54) is 0 Å². The van der Waals surface area contributed by atoms with Gasteiger partial charge in [-0.1, -0.05) is 27.2 Å². The molecule has 1 aliphatic rings. The number of rotatable bonds is 5. The van der Waals surface area contributed by atoms with Gasteiger partial charge >= 0.3 is 0 Å². The maximum atomic E-state index is 11.5. The molecule has 0 spiro atoms. The fourth-order valence-corrected chi connectivity index (χ4v) is 3.70. The molecule has 1 unspecified atom stereocenters. The molecule has 0 aliphatic carbocycles. The molecule has 1 aliphatic heterocycles. The number of sulfonamides is 1. The Labute approximate surface area is 93.9 Å². The second-order valence-electron chi connectivity index (χ2n) is 4.79. The van der Waals surface area contributed by atoms with Crippen LogP contribution in [0.1, 0.15) is 34.1 Å². The lowest BCUT2D eigenvalue weighted by molar-refractivity contribution is 0.103. The molecule has 1 heterocycles. The summed E-state index contributed by atoms with van der Waals surface area (Å²) in [4.78, 5) is 0. The molecule has 0 aromatic carbocycles. The van der Waals surface area contributed by atoms with Gasteiger partial charge in [-0.25, -0.2) is 12.7 Å². The molecule has 0 saturated carbocycles. The molecular weight excluding hydrogens is 210 g/mol. The van der Waals surface area contributed by atoms with E-state index in [9.17, 15) is 8.42 Å². The molecule has 0 aromatic heterocycles. The molecule has 0 N–H and O–H groups in total. The molecule has 0 amide bonds. The summed E-state index contributed by atoms with van der Waals surface area (Å²) < 4.78 is 24.7. The predicted octanol–water partition coefficient (Wildman–Crippen LogP) is 1.95. The molecule has 3 nitrogen and oxygen atoms in total. The van der Waals surface area contributed by atoms with E-state index in [4.69, 9.17) is 0 Å². The number of nitrogens with zero attached hydrogens (tertiary/aromatic N) is 1. The Morgan fingerprint density at radius 3 is 2.13 bits per heavy atom. The average Bonchev–Trinajstić information content (AvgIpc) is 2.09. The normalized spacial score (nSPS) is 21.7. The van der Waals surface area contributed by atoms with E-state index < -0.39 is 10.0 Å². The Bertz CT molecular complexity index is 292. The Hall–Kier alpha value is -0.0900. The van der Waals surface area contributed by atoms with Crippen LogP contribution in [0, 0.1) is 17.8 Å². The summed E-state index contributed by atoms with van der Waals surface area (Å²) in [5.41, 5.74) is 0. The molecule has 0 radical (unpaired) electrons. The lowest BCUT2D eigenvalue weighted by Crippen LogP contribution is -2.53. The van der Waals surface area contributed by atoms with Crippen molar-refractivity contribution in [2.24, 2.45) is 17.8 Å². The van der Waals surface area contributed by atoms with Gasteiger partial charge in [0.15, 0.2) is 0 Å². The minimum absolute atomic E-state index is 0.234. The molecule has 0 bridgehead atoms. The topological polar surface area (TPSA) is 37.4 Å². The van der Waals surface area contributed by atoms with Gasteiger partial charge in [-0.2, -0.15) is 0 Å². The van der Waals surface area contributed by atoms with Crippen molar-refractivity contribution in [1.82, 2.24) is 4.31 Å². The van der Waals surface area contributed by atoms with Gasteiger partial charge in [-0.3, -0.25) is 0 Å².